The van der Waals surface area contributed by atoms with E-state index in [1.807, 2.05) is 18.7 Å². The Balaban J connectivity index is 1.67. The highest BCUT2D eigenvalue weighted by Crippen LogP contribution is 2.32. The number of nitrogens with zero attached hydrogens (tertiary/aromatic N) is 2. The molecule has 1 saturated carbocycles. The lowest BCUT2D eigenvalue weighted by atomic mass is 9.84. The number of hydrogen-bond donors (Lipinski definition) is 0. The maximum Gasteiger partial charge on any atom is 0.405 e. The van der Waals surface area contributed by atoms with Crippen molar-refractivity contribution < 1.29 is 17.9 Å². The van der Waals surface area contributed by atoms with Gasteiger partial charge in [0.2, 0.25) is 0 Å². The fourth-order valence-corrected chi connectivity index (χ4v) is 5.19. The highest BCUT2D eigenvalue weighted by molar-refractivity contribution is 4.89. The SMILES string of the molecule is CCCC(C)O[C@H]1CC[C@H](CCCCN2CCN(C(C)CC)CC2C(F)(F)F)CC1. The van der Waals surface area contributed by atoms with Crippen LogP contribution in [-0.4, -0.2) is 66.4 Å². The van der Waals surface area contributed by atoms with Crippen molar-refractivity contribution in [3.63, 3.8) is 0 Å². The van der Waals surface area contributed by atoms with Gasteiger partial charge >= 0.3 is 6.18 Å². The first-order chi connectivity index (χ1) is 14.2. The fourth-order valence-electron chi connectivity index (χ4n) is 5.19. The Morgan fingerprint density at radius 3 is 2.30 bits per heavy atom. The Hall–Kier alpha value is -0.330. The van der Waals surface area contributed by atoms with Crippen molar-refractivity contribution in [3.8, 4) is 0 Å². The van der Waals surface area contributed by atoms with Crippen molar-refractivity contribution in [3.05, 3.63) is 0 Å². The van der Waals surface area contributed by atoms with Crippen LogP contribution in [0, 0.1) is 5.92 Å². The van der Waals surface area contributed by atoms with Crippen LogP contribution in [0.4, 0.5) is 13.2 Å². The van der Waals surface area contributed by atoms with E-state index in [0.29, 0.717) is 25.3 Å². The van der Waals surface area contributed by atoms with Gasteiger partial charge in [-0.05, 0) is 71.3 Å². The van der Waals surface area contributed by atoms with E-state index < -0.39 is 12.2 Å². The second-order valence-electron chi connectivity index (χ2n) is 9.72. The fraction of sp³-hybridized carbons (Fsp3) is 1.00. The molecule has 2 aliphatic rings. The van der Waals surface area contributed by atoms with Gasteiger partial charge in [-0.2, -0.15) is 13.2 Å². The number of hydrogen-bond acceptors (Lipinski definition) is 3. The molecule has 0 spiro atoms. The van der Waals surface area contributed by atoms with Crippen molar-refractivity contribution in [1.29, 1.82) is 0 Å². The largest absolute Gasteiger partial charge is 0.405 e. The predicted molar refractivity (Wildman–Crippen MR) is 118 cm³/mol. The first kappa shape index (κ1) is 25.9. The molecule has 1 heterocycles. The second-order valence-corrected chi connectivity index (χ2v) is 9.72. The van der Waals surface area contributed by atoms with Crippen LogP contribution in [0.25, 0.3) is 0 Å². The van der Waals surface area contributed by atoms with Gasteiger partial charge in [0.15, 0.2) is 0 Å². The van der Waals surface area contributed by atoms with E-state index in [-0.39, 0.29) is 12.6 Å². The summed E-state index contributed by atoms with van der Waals surface area (Å²) < 4.78 is 47.0. The standard InChI is InChI=1S/C24H45F3N2O/c1-5-9-20(4)30-22-13-11-21(12-14-22)10-7-8-15-28-16-17-29(19(3)6-2)18-23(28)24(25,26)27/h19-23H,5-18H2,1-4H3/t19?,20?,21-,22-,23?. The van der Waals surface area contributed by atoms with Gasteiger partial charge in [-0.1, -0.05) is 33.1 Å². The van der Waals surface area contributed by atoms with Gasteiger partial charge in [-0.15, -0.1) is 0 Å². The average Bonchev–Trinajstić information content (AvgIpc) is 2.71. The Kier molecular flexibility index (Phi) is 10.9. The third-order valence-electron chi connectivity index (χ3n) is 7.34. The second kappa shape index (κ2) is 12.6. The molecular weight excluding hydrogens is 389 g/mol. The topological polar surface area (TPSA) is 15.7 Å². The van der Waals surface area contributed by atoms with Gasteiger partial charge in [0.25, 0.3) is 0 Å². The van der Waals surface area contributed by atoms with Crippen molar-refractivity contribution in [2.75, 3.05) is 26.2 Å². The molecule has 3 atom stereocenters. The van der Waals surface area contributed by atoms with Crippen LogP contribution in [0.5, 0.6) is 0 Å². The summed E-state index contributed by atoms with van der Waals surface area (Å²) in [5.41, 5.74) is 0. The lowest BCUT2D eigenvalue weighted by molar-refractivity contribution is -0.199. The molecule has 3 nitrogen and oxygen atoms in total. The number of piperazine rings is 1. The van der Waals surface area contributed by atoms with E-state index in [9.17, 15) is 13.2 Å². The average molecular weight is 435 g/mol. The van der Waals surface area contributed by atoms with Gasteiger partial charge in [0.05, 0.1) is 12.2 Å². The molecule has 178 valence electrons. The van der Waals surface area contributed by atoms with E-state index in [1.165, 1.54) is 19.3 Å². The summed E-state index contributed by atoms with van der Waals surface area (Å²) in [5, 5.41) is 0. The highest BCUT2D eigenvalue weighted by atomic mass is 19.4. The molecule has 3 unspecified atom stereocenters. The monoisotopic (exact) mass is 434 g/mol. The minimum absolute atomic E-state index is 0.124. The first-order valence-electron chi connectivity index (χ1n) is 12.4. The number of ether oxygens (including phenoxy) is 1. The quantitative estimate of drug-likeness (QED) is 0.357. The molecule has 1 aliphatic carbocycles. The first-order valence-corrected chi connectivity index (χ1v) is 12.4. The minimum Gasteiger partial charge on any atom is -0.375 e. The van der Waals surface area contributed by atoms with Crippen LogP contribution in [0.1, 0.15) is 91.9 Å². The summed E-state index contributed by atoms with van der Waals surface area (Å²) in [6.07, 6.45) is 7.61. The summed E-state index contributed by atoms with van der Waals surface area (Å²) in [5.74, 6) is 0.729. The third-order valence-corrected chi connectivity index (χ3v) is 7.34. The molecule has 0 N–H and O–H groups in total. The number of rotatable bonds is 11. The van der Waals surface area contributed by atoms with E-state index in [4.69, 9.17) is 4.74 Å². The van der Waals surface area contributed by atoms with Crippen LogP contribution in [0.15, 0.2) is 0 Å². The summed E-state index contributed by atoms with van der Waals surface area (Å²) in [6, 6.07) is -1.08. The van der Waals surface area contributed by atoms with Gasteiger partial charge < -0.3 is 4.74 Å². The van der Waals surface area contributed by atoms with Gasteiger partial charge in [0.1, 0.15) is 6.04 Å². The maximum atomic E-state index is 13.6. The molecule has 1 saturated heterocycles. The van der Waals surface area contributed by atoms with Crippen LogP contribution < -0.4 is 0 Å². The molecule has 0 amide bonds. The van der Waals surface area contributed by atoms with Crippen LogP contribution in [-0.2, 0) is 4.74 Å². The Bertz CT molecular complexity index is 466. The van der Waals surface area contributed by atoms with Crippen LogP contribution in [0.3, 0.4) is 0 Å². The predicted octanol–water partition coefficient (Wildman–Crippen LogP) is 6.27. The molecule has 30 heavy (non-hydrogen) atoms. The summed E-state index contributed by atoms with van der Waals surface area (Å²) >= 11 is 0. The van der Waals surface area contributed by atoms with E-state index in [2.05, 4.69) is 13.8 Å². The Morgan fingerprint density at radius 1 is 1.00 bits per heavy atom. The minimum atomic E-state index is -4.14. The Morgan fingerprint density at radius 2 is 1.70 bits per heavy atom. The molecule has 0 aromatic rings. The Labute approximate surface area is 182 Å². The van der Waals surface area contributed by atoms with E-state index in [1.54, 1.807) is 4.90 Å². The van der Waals surface area contributed by atoms with E-state index in [0.717, 1.165) is 57.4 Å². The third kappa shape index (κ3) is 8.31. The van der Waals surface area contributed by atoms with E-state index >= 15 is 0 Å². The molecule has 6 heteroatoms. The smallest absolute Gasteiger partial charge is 0.375 e. The van der Waals surface area contributed by atoms with Crippen molar-refractivity contribution in [1.82, 2.24) is 9.80 Å². The summed E-state index contributed by atoms with van der Waals surface area (Å²) in [6.45, 7) is 10.4. The van der Waals surface area contributed by atoms with Crippen LogP contribution >= 0.6 is 0 Å². The molecule has 0 radical (unpaired) electrons. The van der Waals surface area contributed by atoms with Crippen molar-refractivity contribution >= 4 is 0 Å². The molecular formula is C24H45F3N2O. The molecule has 2 fully saturated rings. The van der Waals surface area contributed by atoms with Gasteiger partial charge in [-0.25, -0.2) is 0 Å². The molecule has 0 bridgehead atoms. The zero-order valence-electron chi connectivity index (χ0n) is 19.7. The van der Waals surface area contributed by atoms with Crippen molar-refractivity contribution in [2.24, 2.45) is 5.92 Å². The van der Waals surface area contributed by atoms with Gasteiger partial charge in [0, 0.05) is 25.7 Å². The molecule has 0 aromatic heterocycles. The zero-order valence-corrected chi connectivity index (χ0v) is 19.7. The van der Waals surface area contributed by atoms with Crippen molar-refractivity contribution in [2.45, 2.75) is 122 Å². The lowest BCUT2D eigenvalue weighted by Gasteiger charge is -2.44. The van der Waals surface area contributed by atoms with Gasteiger partial charge in [-0.3, -0.25) is 9.80 Å². The zero-order chi connectivity index (χ0) is 22.1. The maximum absolute atomic E-state index is 13.6. The number of halogens is 3. The lowest BCUT2D eigenvalue weighted by Crippen LogP contribution is -2.60. The number of alkyl halides is 3. The normalized spacial score (nSPS) is 29.1. The summed E-state index contributed by atoms with van der Waals surface area (Å²) in [7, 11) is 0. The van der Waals surface area contributed by atoms with Crippen LogP contribution in [0.2, 0.25) is 0 Å². The molecule has 0 aromatic carbocycles. The number of unbranched alkanes of at least 4 members (excludes halogenated alkanes) is 1. The molecule has 2 rings (SSSR count). The summed E-state index contributed by atoms with van der Waals surface area (Å²) in [4.78, 5) is 3.70. The molecule has 1 aliphatic heterocycles. The highest BCUT2D eigenvalue weighted by Gasteiger charge is 2.46.